The van der Waals surface area contributed by atoms with Gasteiger partial charge in [-0.15, -0.1) is 68.0 Å². The fourth-order valence-corrected chi connectivity index (χ4v) is 23.8. The summed E-state index contributed by atoms with van der Waals surface area (Å²) in [5.41, 5.74) is 23.7. The molecule has 0 saturated carbocycles. The minimum atomic E-state index is 1.29. The van der Waals surface area contributed by atoms with Crippen molar-refractivity contribution in [3.8, 4) is 66.8 Å². The Hall–Kier alpha value is -12.7. The lowest BCUT2D eigenvalue weighted by Crippen LogP contribution is -1.82. The molecule has 0 aliphatic rings. The minimum absolute atomic E-state index is 1.29. The molecule has 0 radical (unpaired) electrons. The summed E-state index contributed by atoms with van der Waals surface area (Å²) in [5, 5.41) is 16.4. The fraction of sp³-hybridized carbons (Fsp3) is 0.0526. The Kier molecular flexibility index (Phi) is 22.1. The van der Waals surface area contributed by atoms with Gasteiger partial charge < -0.3 is 0 Å². The van der Waals surface area contributed by atoms with Crippen LogP contribution in [0.2, 0.25) is 0 Å². The summed E-state index contributed by atoms with van der Waals surface area (Å²) in [4.78, 5) is 0. The van der Waals surface area contributed by atoms with Crippen LogP contribution in [0.5, 0.6) is 0 Å². The summed E-state index contributed by atoms with van der Waals surface area (Å²) in [6.45, 7) is 13.0. The van der Waals surface area contributed by atoms with Crippen molar-refractivity contribution >= 4 is 189 Å². The molecule has 24 aromatic rings. The first-order valence-electron chi connectivity index (χ1n) is 40.8. The van der Waals surface area contributed by atoms with E-state index in [4.69, 9.17) is 0 Å². The molecule has 0 N–H and O–H groups in total. The maximum atomic E-state index is 2.32. The number of thiophene rings is 6. The summed E-state index contributed by atoms with van der Waals surface area (Å²) < 4.78 is 16.5. The standard InChI is InChI=1S/6C19H14S/c1-13-6-4-7-14(12-13)15-9-5-10-17-16-8-2-3-11-18(16)20-19(15)17;1-13-7-2-3-8-14(13)16-10-6-11-17-15-9-4-5-12-18(15)20-19(16)17;1-13-5-4-6-14(11-13)15-9-10-17-16-7-2-3-8-18(16)20-19(17)12-15;1-13-6-2-3-7-15(13)14-10-11-17-16-8-4-5-9-18(16)20-19(17)12-14;1-13-7-5-11-16-17-12-6-10-15(19(17)20-18(13)16)14-8-3-2-4-9-14;1-13-6-8-14(9-7-13)15-10-11-17-16-4-2-3-5-18(16)20-19(17)12-15/h6*2-12H,1H3. The van der Waals surface area contributed by atoms with Gasteiger partial charge in [-0.3, -0.25) is 0 Å². The SMILES string of the molecule is Cc1ccc(-c2ccc3c(c2)sc2ccccc23)cc1.Cc1cccc(-c2ccc3c(c2)sc2ccccc23)c1.Cc1cccc(-c2cccc3c2sc2ccccc23)c1.Cc1cccc2c1sc1c(-c3ccccc3)cccc12.Cc1ccccc1-c1ccc2c(c1)sc1ccccc12.Cc1ccccc1-c1cccc2c1sc1ccccc12. The predicted octanol–water partition coefficient (Wildman–Crippen LogP) is 36.2. The van der Waals surface area contributed by atoms with Gasteiger partial charge in [-0.05, 0) is 174 Å². The van der Waals surface area contributed by atoms with Crippen molar-refractivity contribution < 1.29 is 0 Å². The molecule has 0 saturated heterocycles. The van der Waals surface area contributed by atoms with Crippen LogP contribution in [-0.2, 0) is 0 Å². The lowest BCUT2D eigenvalue weighted by Gasteiger charge is -2.06. The van der Waals surface area contributed by atoms with Crippen molar-refractivity contribution in [2.24, 2.45) is 0 Å². The smallest absolute Gasteiger partial charge is 0.0433 e. The van der Waals surface area contributed by atoms with E-state index in [2.05, 4.69) is 442 Å². The van der Waals surface area contributed by atoms with Gasteiger partial charge in [-0.25, -0.2) is 0 Å². The highest BCUT2D eigenvalue weighted by atomic mass is 32.1. The second-order valence-corrected chi connectivity index (χ2v) is 37.2. The molecule has 0 aliphatic carbocycles. The zero-order valence-corrected chi connectivity index (χ0v) is 72.5. The Labute approximate surface area is 724 Å². The Morgan fingerprint density at radius 2 is 0.425 bits per heavy atom. The van der Waals surface area contributed by atoms with Crippen LogP contribution < -0.4 is 0 Å². The van der Waals surface area contributed by atoms with Crippen molar-refractivity contribution in [1.29, 1.82) is 0 Å². The van der Waals surface area contributed by atoms with Crippen LogP contribution in [0.25, 0.3) is 188 Å². The van der Waals surface area contributed by atoms with Crippen molar-refractivity contribution in [3.63, 3.8) is 0 Å². The van der Waals surface area contributed by atoms with Crippen LogP contribution in [-0.4, -0.2) is 0 Å². The van der Waals surface area contributed by atoms with E-state index in [0.717, 1.165) is 0 Å². The van der Waals surface area contributed by atoms with Gasteiger partial charge in [0.05, 0.1) is 0 Å². The average molecular weight is 1650 g/mol. The quantitative estimate of drug-likeness (QED) is 0.156. The maximum absolute atomic E-state index is 2.32. The zero-order chi connectivity index (χ0) is 81.2. The number of benzene rings is 18. The monoisotopic (exact) mass is 1640 g/mol. The molecule has 24 rings (SSSR count). The highest BCUT2D eigenvalue weighted by Gasteiger charge is 2.17. The van der Waals surface area contributed by atoms with Crippen LogP contribution in [0.1, 0.15) is 33.4 Å². The molecule has 0 atom stereocenters. The number of aryl methyl sites for hydroxylation is 6. The van der Waals surface area contributed by atoms with Crippen LogP contribution in [0.15, 0.2) is 400 Å². The van der Waals surface area contributed by atoms with Crippen molar-refractivity contribution in [1.82, 2.24) is 0 Å². The van der Waals surface area contributed by atoms with Crippen LogP contribution >= 0.6 is 68.0 Å². The minimum Gasteiger partial charge on any atom is -0.135 e. The van der Waals surface area contributed by atoms with Gasteiger partial charge in [0, 0.05) is 121 Å². The van der Waals surface area contributed by atoms with E-state index in [9.17, 15) is 0 Å². The molecule has 120 heavy (non-hydrogen) atoms. The largest absolute Gasteiger partial charge is 0.135 e. The van der Waals surface area contributed by atoms with Crippen molar-refractivity contribution in [2.45, 2.75) is 41.5 Å². The van der Waals surface area contributed by atoms with Gasteiger partial charge >= 0.3 is 0 Å². The Morgan fingerprint density at radius 3 is 0.933 bits per heavy atom. The van der Waals surface area contributed by atoms with Gasteiger partial charge in [-0.1, -0.05) is 369 Å². The van der Waals surface area contributed by atoms with E-state index >= 15 is 0 Å². The molecule has 6 aromatic heterocycles. The summed E-state index contributed by atoms with van der Waals surface area (Å²) in [7, 11) is 0. The summed E-state index contributed by atoms with van der Waals surface area (Å²) in [5.74, 6) is 0. The summed E-state index contributed by atoms with van der Waals surface area (Å²) in [6, 6.07) is 144. The van der Waals surface area contributed by atoms with Crippen LogP contribution in [0.4, 0.5) is 0 Å². The number of fused-ring (bicyclic) bond motifs is 18. The topological polar surface area (TPSA) is 0 Å². The van der Waals surface area contributed by atoms with Gasteiger partial charge in [0.1, 0.15) is 0 Å². The number of rotatable bonds is 6. The third-order valence-corrected chi connectivity index (χ3v) is 29.9. The average Bonchev–Trinajstić information content (AvgIpc) is 1.87. The Bertz CT molecular complexity index is 7870. The summed E-state index contributed by atoms with van der Waals surface area (Å²) in [6.07, 6.45) is 0. The molecule has 6 heterocycles. The first kappa shape index (κ1) is 77.2. The van der Waals surface area contributed by atoms with E-state index in [0.29, 0.717) is 0 Å². The Morgan fingerprint density at radius 1 is 0.133 bits per heavy atom. The van der Waals surface area contributed by atoms with Crippen LogP contribution in [0, 0.1) is 41.5 Å². The molecule has 0 unspecified atom stereocenters. The van der Waals surface area contributed by atoms with E-state index in [1.54, 1.807) is 0 Å². The first-order valence-corrected chi connectivity index (χ1v) is 45.7. The molecule has 6 heteroatoms. The number of hydrogen-bond donors (Lipinski definition) is 0. The van der Waals surface area contributed by atoms with E-state index in [1.165, 1.54) is 221 Å². The number of hydrogen-bond acceptors (Lipinski definition) is 6. The molecular weight excluding hydrogens is 1560 g/mol. The second-order valence-electron chi connectivity index (χ2n) is 30.8. The third-order valence-electron chi connectivity index (χ3n) is 22.7. The molecule has 0 spiro atoms. The van der Waals surface area contributed by atoms with Gasteiger partial charge in [-0.2, -0.15) is 0 Å². The first-order chi connectivity index (χ1) is 59.0. The molecular formula is C114H84S6. The fourth-order valence-electron chi connectivity index (χ4n) is 16.6. The maximum Gasteiger partial charge on any atom is 0.0433 e. The van der Waals surface area contributed by atoms with E-state index in [1.807, 2.05) is 68.0 Å². The lowest BCUT2D eigenvalue weighted by molar-refractivity contribution is 1.46. The molecule has 0 nitrogen and oxygen atoms in total. The van der Waals surface area contributed by atoms with Gasteiger partial charge in [0.2, 0.25) is 0 Å². The highest BCUT2D eigenvalue weighted by Crippen LogP contribution is 2.46. The summed E-state index contributed by atoms with van der Waals surface area (Å²) >= 11 is 11.3. The molecule has 0 bridgehead atoms. The lowest BCUT2D eigenvalue weighted by atomic mass is 9.99. The normalized spacial score (nSPS) is 11.2. The third kappa shape index (κ3) is 15.8. The van der Waals surface area contributed by atoms with Gasteiger partial charge in [0.15, 0.2) is 0 Å². The molecule has 0 aliphatic heterocycles. The van der Waals surface area contributed by atoms with E-state index < -0.39 is 0 Å². The molecule has 0 amide bonds. The van der Waals surface area contributed by atoms with E-state index in [-0.39, 0.29) is 0 Å². The molecule has 576 valence electrons. The Balaban J connectivity index is 0.0000000952. The predicted molar refractivity (Wildman–Crippen MR) is 537 cm³/mol. The van der Waals surface area contributed by atoms with Crippen molar-refractivity contribution in [2.75, 3.05) is 0 Å². The zero-order valence-electron chi connectivity index (χ0n) is 67.6. The van der Waals surface area contributed by atoms with Crippen LogP contribution in [0.3, 0.4) is 0 Å². The second kappa shape index (κ2) is 34.3. The molecule has 18 aromatic carbocycles. The van der Waals surface area contributed by atoms with Gasteiger partial charge in [0.25, 0.3) is 0 Å². The molecule has 0 fully saturated rings. The highest BCUT2D eigenvalue weighted by molar-refractivity contribution is 7.28. The van der Waals surface area contributed by atoms with Crippen molar-refractivity contribution in [3.05, 3.63) is 434 Å².